The van der Waals surface area contributed by atoms with Crippen molar-refractivity contribution in [3.63, 3.8) is 0 Å². The largest absolute Gasteiger partial charge is 0.355 e. The zero-order chi connectivity index (χ0) is 17.5. The van der Waals surface area contributed by atoms with Crippen molar-refractivity contribution in [2.45, 2.75) is 6.92 Å². The molecule has 0 aliphatic carbocycles. The third kappa shape index (κ3) is 5.05. The Hall–Kier alpha value is -2.96. The average Bonchev–Trinajstić information content (AvgIpc) is 2.51. The summed E-state index contributed by atoms with van der Waals surface area (Å²) in [6.45, 7) is 1.92. The van der Waals surface area contributed by atoms with Gasteiger partial charge in [-0.3, -0.25) is 4.79 Å². The van der Waals surface area contributed by atoms with Crippen molar-refractivity contribution in [1.82, 2.24) is 10.6 Å². The van der Waals surface area contributed by atoms with Gasteiger partial charge in [-0.25, -0.2) is 13.6 Å². The summed E-state index contributed by atoms with van der Waals surface area (Å²) in [6.07, 6.45) is 0. The standard InChI is InChI=1S/C17H17F2N3O2/c1-11(23)20-7-8-21-17(24)22-14-5-6-15(16(19)10-14)12-3-2-4-13(18)9-12/h2-6,9-10H,7-8H2,1H3,(H,20,23)(H2,21,22,24). The van der Waals surface area contributed by atoms with E-state index in [0.717, 1.165) is 6.07 Å². The smallest absolute Gasteiger partial charge is 0.319 e. The van der Waals surface area contributed by atoms with Crippen LogP contribution in [0.25, 0.3) is 11.1 Å². The zero-order valence-corrected chi connectivity index (χ0v) is 13.0. The third-order valence-corrected chi connectivity index (χ3v) is 3.15. The SMILES string of the molecule is CC(=O)NCCNC(=O)Nc1ccc(-c2cccc(F)c2)c(F)c1. The molecule has 7 heteroatoms. The van der Waals surface area contributed by atoms with Gasteiger partial charge in [0.05, 0.1) is 0 Å². The predicted octanol–water partition coefficient (Wildman–Crippen LogP) is 2.89. The fourth-order valence-electron chi connectivity index (χ4n) is 2.07. The average molecular weight is 333 g/mol. The van der Waals surface area contributed by atoms with Crippen LogP contribution < -0.4 is 16.0 Å². The molecule has 0 aliphatic rings. The maximum atomic E-state index is 14.2. The van der Waals surface area contributed by atoms with Crippen LogP contribution in [-0.2, 0) is 4.79 Å². The van der Waals surface area contributed by atoms with Crippen molar-refractivity contribution < 1.29 is 18.4 Å². The first-order chi connectivity index (χ1) is 11.5. The summed E-state index contributed by atoms with van der Waals surface area (Å²) in [5.41, 5.74) is 0.926. The molecule has 2 rings (SSSR count). The molecule has 0 bridgehead atoms. The Kier molecular flexibility index (Phi) is 5.83. The summed E-state index contributed by atoms with van der Waals surface area (Å²) in [7, 11) is 0. The highest BCUT2D eigenvalue weighted by Crippen LogP contribution is 2.25. The summed E-state index contributed by atoms with van der Waals surface area (Å²) >= 11 is 0. The minimum absolute atomic E-state index is 0.188. The molecule has 2 aromatic carbocycles. The van der Waals surface area contributed by atoms with Gasteiger partial charge in [0, 0.05) is 31.3 Å². The van der Waals surface area contributed by atoms with Gasteiger partial charge in [0.2, 0.25) is 5.91 Å². The molecular weight excluding hydrogens is 316 g/mol. The molecule has 0 aliphatic heterocycles. The molecule has 0 atom stereocenters. The topological polar surface area (TPSA) is 70.2 Å². The van der Waals surface area contributed by atoms with Gasteiger partial charge in [-0.2, -0.15) is 0 Å². The number of nitrogens with one attached hydrogen (secondary N) is 3. The molecule has 5 nitrogen and oxygen atoms in total. The van der Waals surface area contributed by atoms with Crippen LogP contribution in [0.3, 0.4) is 0 Å². The molecule has 2 aromatic rings. The number of rotatable bonds is 5. The lowest BCUT2D eigenvalue weighted by molar-refractivity contribution is -0.118. The molecule has 0 fully saturated rings. The number of benzene rings is 2. The van der Waals surface area contributed by atoms with E-state index in [9.17, 15) is 18.4 Å². The Bertz CT molecular complexity index is 750. The summed E-state index contributed by atoms with van der Waals surface area (Å²) in [4.78, 5) is 22.3. The lowest BCUT2D eigenvalue weighted by Crippen LogP contribution is -2.36. The number of halogens is 2. The van der Waals surface area contributed by atoms with E-state index in [1.807, 2.05) is 0 Å². The monoisotopic (exact) mass is 333 g/mol. The lowest BCUT2D eigenvalue weighted by atomic mass is 10.0. The van der Waals surface area contributed by atoms with Crippen LogP contribution in [0.2, 0.25) is 0 Å². The Morgan fingerprint density at radius 3 is 2.42 bits per heavy atom. The van der Waals surface area contributed by atoms with E-state index in [1.165, 1.54) is 37.3 Å². The van der Waals surface area contributed by atoms with Crippen molar-refractivity contribution in [3.8, 4) is 11.1 Å². The van der Waals surface area contributed by atoms with Crippen LogP contribution in [0.15, 0.2) is 42.5 Å². The van der Waals surface area contributed by atoms with Gasteiger partial charge in [-0.1, -0.05) is 12.1 Å². The maximum Gasteiger partial charge on any atom is 0.319 e. The van der Waals surface area contributed by atoms with E-state index < -0.39 is 17.7 Å². The van der Waals surface area contributed by atoms with E-state index in [0.29, 0.717) is 12.1 Å². The van der Waals surface area contributed by atoms with Gasteiger partial charge in [0.1, 0.15) is 11.6 Å². The highest BCUT2D eigenvalue weighted by Gasteiger charge is 2.08. The van der Waals surface area contributed by atoms with Gasteiger partial charge in [0.15, 0.2) is 0 Å². The van der Waals surface area contributed by atoms with Crippen molar-refractivity contribution >= 4 is 17.6 Å². The zero-order valence-electron chi connectivity index (χ0n) is 13.0. The number of carbonyl (C=O) groups excluding carboxylic acids is 2. The Morgan fingerprint density at radius 1 is 1.00 bits per heavy atom. The number of hydrogen-bond donors (Lipinski definition) is 3. The molecule has 126 valence electrons. The van der Waals surface area contributed by atoms with Crippen molar-refractivity contribution in [1.29, 1.82) is 0 Å². The van der Waals surface area contributed by atoms with E-state index in [2.05, 4.69) is 16.0 Å². The van der Waals surface area contributed by atoms with Gasteiger partial charge < -0.3 is 16.0 Å². The Morgan fingerprint density at radius 2 is 1.75 bits per heavy atom. The second kappa shape index (κ2) is 8.05. The minimum Gasteiger partial charge on any atom is -0.355 e. The summed E-state index contributed by atoms with van der Waals surface area (Å²) < 4.78 is 27.4. The molecule has 0 radical (unpaired) electrons. The van der Waals surface area contributed by atoms with Gasteiger partial charge >= 0.3 is 6.03 Å². The first-order valence-corrected chi connectivity index (χ1v) is 7.30. The highest BCUT2D eigenvalue weighted by molar-refractivity contribution is 5.89. The van der Waals surface area contributed by atoms with Gasteiger partial charge in [0.25, 0.3) is 0 Å². The molecule has 0 saturated carbocycles. The van der Waals surface area contributed by atoms with Crippen molar-refractivity contribution in [2.24, 2.45) is 0 Å². The van der Waals surface area contributed by atoms with E-state index in [4.69, 9.17) is 0 Å². The number of urea groups is 1. The number of amides is 3. The molecule has 0 spiro atoms. The molecular formula is C17H17F2N3O2. The van der Waals surface area contributed by atoms with Crippen LogP contribution in [0.1, 0.15) is 6.92 Å². The minimum atomic E-state index is -0.573. The predicted molar refractivity (Wildman–Crippen MR) is 87.5 cm³/mol. The van der Waals surface area contributed by atoms with E-state index >= 15 is 0 Å². The number of hydrogen-bond acceptors (Lipinski definition) is 2. The van der Waals surface area contributed by atoms with Gasteiger partial charge in [-0.05, 0) is 35.9 Å². The van der Waals surface area contributed by atoms with Crippen LogP contribution in [0.4, 0.5) is 19.3 Å². The van der Waals surface area contributed by atoms with Gasteiger partial charge in [-0.15, -0.1) is 0 Å². The Balaban J connectivity index is 1.97. The second-order valence-electron chi connectivity index (χ2n) is 5.07. The molecule has 0 unspecified atom stereocenters. The lowest BCUT2D eigenvalue weighted by Gasteiger charge is -2.10. The number of carbonyl (C=O) groups is 2. The number of anilines is 1. The van der Waals surface area contributed by atoms with Crippen LogP contribution in [0, 0.1) is 11.6 Å². The first-order valence-electron chi connectivity index (χ1n) is 7.30. The van der Waals surface area contributed by atoms with E-state index in [-0.39, 0.29) is 23.7 Å². The maximum absolute atomic E-state index is 14.2. The highest BCUT2D eigenvalue weighted by atomic mass is 19.1. The van der Waals surface area contributed by atoms with Crippen LogP contribution in [-0.4, -0.2) is 25.0 Å². The van der Waals surface area contributed by atoms with Crippen LogP contribution in [0.5, 0.6) is 0 Å². The Labute approximate surface area is 138 Å². The molecule has 0 saturated heterocycles. The second-order valence-corrected chi connectivity index (χ2v) is 5.07. The fraction of sp³-hybridized carbons (Fsp3) is 0.176. The van der Waals surface area contributed by atoms with Crippen molar-refractivity contribution in [3.05, 3.63) is 54.1 Å². The molecule has 24 heavy (non-hydrogen) atoms. The third-order valence-electron chi connectivity index (χ3n) is 3.15. The summed E-state index contributed by atoms with van der Waals surface area (Å²) in [5, 5.41) is 7.54. The fourth-order valence-corrected chi connectivity index (χ4v) is 2.07. The summed E-state index contributed by atoms with van der Waals surface area (Å²) in [5.74, 6) is -1.21. The molecule has 3 amide bonds. The summed E-state index contributed by atoms with van der Waals surface area (Å²) in [6, 6.07) is 9.25. The molecule has 0 aromatic heterocycles. The molecule has 3 N–H and O–H groups in total. The van der Waals surface area contributed by atoms with Crippen LogP contribution >= 0.6 is 0 Å². The first kappa shape index (κ1) is 17.4. The quantitative estimate of drug-likeness (QED) is 0.736. The van der Waals surface area contributed by atoms with E-state index in [1.54, 1.807) is 6.07 Å². The van der Waals surface area contributed by atoms with Crippen molar-refractivity contribution in [2.75, 3.05) is 18.4 Å². The molecule has 0 heterocycles. The normalized spacial score (nSPS) is 10.1.